The fourth-order valence-corrected chi connectivity index (χ4v) is 1.16. The zero-order valence-corrected chi connectivity index (χ0v) is 9.34. The molecule has 6 heteroatoms. The maximum atomic E-state index is 10.8. The number of amides is 1. The van der Waals surface area contributed by atoms with Crippen LogP contribution >= 0.6 is 24.8 Å². The lowest BCUT2D eigenvalue weighted by Gasteiger charge is -2.16. The number of hydrogen-bond acceptors (Lipinski definition) is 2. The summed E-state index contributed by atoms with van der Waals surface area (Å²) in [5, 5.41) is 3.24. The molecule has 0 aliphatic carbocycles. The SMILES string of the molecule is CC(=O)N1CCCNCC1.Cl.Cl.O. The fraction of sp³-hybridized carbons (Fsp3) is 0.857. The summed E-state index contributed by atoms with van der Waals surface area (Å²) in [6.07, 6.45) is 1.08. The molecule has 0 unspecified atom stereocenters. The van der Waals surface area contributed by atoms with E-state index in [0.717, 1.165) is 32.6 Å². The van der Waals surface area contributed by atoms with Crippen LogP contribution in [0.5, 0.6) is 0 Å². The van der Waals surface area contributed by atoms with E-state index in [4.69, 9.17) is 0 Å². The molecule has 1 rings (SSSR count). The minimum Gasteiger partial charge on any atom is -0.412 e. The molecule has 0 spiro atoms. The van der Waals surface area contributed by atoms with Crippen LogP contribution in [-0.4, -0.2) is 42.5 Å². The highest BCUT2D eigenvalue weighted by molar-refractivity contribution is 5.85. The molecule has 0 aromatic heterocycles. The second kappa shape index (κ2) is 10.1. The van der Waals surface area contributed by atoms with Crippen LogP contribution in [0.2, 0.25) is 0 Å². The molecule has 1 fully saturated rings. The second-order valence-corrected chi connectivity index (χ2v) is 2.61. The average Bonchev–Trinajstić information content (AvgIpc) is 2.12. The molecule has 1 aliphatic rings. The Hall–Kier alpha value is -0.0300. The van der Waals surface area contributed by atoms with Crippen LogP contribution in [0.1, 0.15) is 13.3 Å². The van der Waals surface area contributed by atoms with E-state index in [1.807, 2.05) is 4.90 Å². The van der Waals surface area contributed by atoms with Crippen LogP contribution in [0.3, 0.4) is 0 Å². The minimum atomic E-state index is 0. The Morgan fingerprint density at radius 1 is 1.23 bits per heavy atom. The number of halogens is 2. The number of rotatable bonds is 0. The quantitative estimate of drug-likeness (QED) is 0.632. The lowest BCUT2D eigenvalue weighted by atomic mass is 10.4. The van der Waals surface area contributed by atoms with Crippen molar-refractivity contribution in [2.24, 2.45) is 0 Å². The molecular formula is C7H18Cl2N2O2. The third-order valence-electron chi connectivity index (χ3n) is 1.79. The van der Waals surface area contributed by atoms with Gasteiger partial charge in [-0.3, -0.25) is 4.79 Å². The van der Waals surface area contributed by atoms with Gasteiger partial charge in [-0.1, -0.05) is 0 Å². The molecule has 1 amide bonds. The van der Waals surface area contributed by atoms with E-state index in [1.165, 1.54) is 0 Å². The maximum Gasteiger partial charge on any atom is 0.219 e. The summed E-state index contributed by atoms with van der Waals surface area (Å²) in [4.78, 5) is 12.7. The Bertz CT molecular complexity index is 128. The largest absolute Gasteiger partial charge is 0.412 e. The van der Waals surface area contributed by atoms with Gasteiger partial charge in [0.1, 0.15) is 0 Å². The van der Waals surface area contributed by atoms with Crippen molar-refractivity contribution in [3.63, 3.8) is 0 Å². The number of nitrogens with zero attached hydrogens (tertiary/aromatic N) is 1. The molecule has 0 atom stereocenters. The van der Waals surface area contributed by atoms with Crippen molar-refractivity contribution < 1.29 is 10.3 Å². The summed E-state index contributed by atoms with van der Waals surface area (Å²) < 4.78 is 0. The van der Waals surface area contributed by atoms with Gasteiger partial charge in [0.25, 0.3) is 0 Å². The Labute approximate surface area is 91.2 Å². The second-order valence-electron chi connectivity index (χ2n) is 2.61. The van der Waals surface area contributed by atoms with Crippen LogP contribution < -0.4 is 5.32 Å². The predicted octanol–water partition coefficient (Wildman–Crippen LogP) is -0.153. The Morgan fingerprint density at radius 3 is 2.38 bits per heavy atom. The fourth-order valence-electron chi connectivity index (χ4n) is 1.16. The van der Waals surface area contributed by atoms with Crippen LogP contribution in [0.15, 0.2) is 0 Å². The zero-order valence-electron chi connectivity index (χ0n) is 7.71. The van der Waals surface area contributed by atoms with E-state index in [2.05, 4.69) is 5.32 Å². The summed E-state index contributed by atoms with van der Waals surface area (Å²) in [6, 6.07) is 0. The summed E-state index contributed by atoms with van der Waals surface area (Å²) in [5.74, 6) is 0.198. The lowest BCUT2D eigenvalue weighted by Crippen LogP contribution is -2.32. The minimum absolute atomic E-state index is 0. The van der Waals surface area contributed by atoms with Gasteiger partial charge >= 0.3 is 0 Å². The van der Waals surface area contributed by atoms with E-state index in [9.17, 15) is 4.79 Å². The average molecular weight is 233 g/mol. The van der Waals surface area contributed by atoms with E-state index in [-0.39, 0.29) is 36.2 Å². The first kappa shape index (κ1) is 18.7. The number of carbonyl (C=O) groups excluding carboxylic acids is 1. The van der Waals surface area contributed by atoms with E-state index in [1.54, 1.807) is 6.92 Å². The Kier molecular flexibility index (Phi) is 14.5. The molecule has 0 saturated carbocycles. The number of carbonyl (C=O) groups is 1. The molecule has 0 radical (unpaired) electrons. The van der Waals surface area contributed by atoms with Gasteiger partial charge in [0.05, 0.1) is 0 Å². The summed E-state index contributed by atoms with van der Waals surface area (Å²) in [7, 11) is 0. The topological polar surface area (TPSA) is 63.8 Å². The van der Waals surface area contributed by atoms with Gasteiger partial charge in [-0.15, -0.1) is 24.8 Å². The number of nitrogens with one attached hydrogen (secondary N) is 1. The number of hydrogen-bond donors (Lipinski definition) is 1. The van der Waals surface area contributed by atoms with Crippen molar-refractivity contribution in [1.82, 2.24) is 10.2 Å². The molecule has 4 nitrogen and oxygen atoms in total. The molecule has 0 bridgehead atoms. The Balaban J connectivity index is -0.000000333. The molecule has 82 valence electrons. The molecule has 0 aromatic carbocycles. The normalized spacial score (nSPS) is 15.6. The highest BCUT2D eigenvalue weighted by atomic mass is 35.5. The molecule has 1 heterocycles. The van der Waals surface area contributed by atoms with Crippen LogP contribution in [0, 0.1) is 0 Å². The van der Waals surface area contributed by atoms with Crippen LogP contribution in [-0.2, 0) is 4.79 Å². The molecule has 13 heavy (non-hydrogen) atoms. The Morgan fingerprint density at radius 2 is 1.85 bits per heavy atom. The third-order valence-corrected chi connectivity index (χ3v) is 1.79. The summed E-state index contributed by atoms with van der Waals surface area (Å²) in [5.41, 5.74) is 0. The van der Waals surface area contributed by atoms with Crippen molar-refractivity contribution in [2.75, 3.05) is 26.2 Å². The van der Waals surface area contributed by atoms with Gasteiger partial charge in [-0.2, -0.15) is 0 Å². The highest BCUT2D eigenvalue weighted by Gasteiger charge is 2.09. The van der Waals surface area contributed by atoms with E-state index >= 15 is 0 Å². The zero-order chi connectivity index (χ0) is 7.40. The predicted molar refractivity (Wildman–Crippen MR) is 57.9 cm³/mol. The third kappa shape index (κ3) is 7.07. The first-order valence-electron chi connectivity index (χ1n) is 3.77. The van der Waals surface area contributed by atoms with Gasteiger partial charge in [0.2, 0.25) is 5.91 Å². The molecular weight excluding hydrogens is 215 g/mol. The molecule has 1 aliphatic heterocycles. The first-order valence-corrected chi connectivity index (χ1v) is 3.77. The van der Waals surface area contributed by atoms with Gasteiger partial charge in [-0.05, 0) is 13.0 Å². The van der Waals surface area contributed by atoms with Gasteiger partial charge in [0.15, 0.2) is 0 Å². The summed E-state index contributed by atoms with van der Waals surface area (Å²) >= 11 is 0. The van der Waals surface area contributed by atoms with Crippen molar-refractivity contribution in [1.29, 1.82) is 0 Å². The smallest absolute Gasteiger partial charge is 0.219 e. The van der Waals surface area contributed by atoms with Crippen molar-refractivity contribution >= 4 is 30.7 Å². The van der Waals surface area contributed by atoms with Crippen molar-refractivity contribution in [3.8, 4) is 0 Å². The molecule has 0 aromatic rings. The summed E-state index contributed by atoms with van der Waals surface area (Å²) in [6.45, 7) is 5.41. The van der Waals surface area contributed by atoms with Crippen molar-refractivity contribution in [3.05, 3.63) is 0 Å². The first-order chi connectivity index (χ1) is 4.80. The standard InChI is InChI=1S/C7H14N2O.2ClH.H2O/c1-7(10)9-5-2-3-8-4-6-9;;;/h8H,2-6H2,1H3;2*1H;1H2. The highest BCUT2D eigenvalue weighted by Crippen LogP contribution is 1.94. The molecule has 3 N–H and O–H groups in total. The van der Waals surface area contributed by atoms with E-state index in [0.29, 0.717) is 0 Å². The van der Waals surface area contributed by atoms with E-state index < -0.39 is 0 Å². The van der Waals surface area contributed by atoms with Gasteiger partial charge in [0, 0.05) is 26.6 Å². The van der Waals surface area contributed by atoms with Crippen LogP contribution in [0.25, 0.3) is 0 Å². The van der Waals surface area contributed by atoms with Gasteiger partial charge < -0.3 is 15.7 Å². The van der Waals surface area contributed by atoms with Crippen LogP contribution in [0.4, 0.5) is 0 Å². The lowest BCUT2D eigenvalue weighted by molar-refractivity contribution is -0.128. The maximum absolute atomic E-state index is 10.8. The van der Waals surface area contributed by atoms with Crippen molar-refractivity contribution in [2.45, 2.75) is 13.3 Å². The molecule has 1 saturated heterocycles. The van der Waals surface area contributed by atoms with Gasteiger partial charge in [-0.25, -0.2) is 0 Å². The monoisotopic (exact) mass is 232 g/mol.